The van der Waals surface area contributed by atoms with E-state index in [0.29, 0.717) is 28.5 Å². The summed E-state index contributed by atoms with van der Waals surface area (Å²) in [5.41, 5.74) is 2.67. The van der Waals surface area contributed by atoms with Crippen LogP contribution in [-0.2, 0) is 5.41 Å². The second kappa shape index (κ2) is 7.03. The molecule has 0 aliphatic heterocycles. The fourth-order valence-electron chi connectivity index (χ4n) is 2.37. The van der Waals surface area contributed by atoms with Gasteiger partial charge in [0.2, 0.25) is 0 Å². The van der Waals surface area contributed by atoms with Crippen LogP contribution in [0.2, 0.25) is 0 Å². The second-order valence-corrected chi connectivity index (χ2v) is 7.99. The predicted molar refractivity (Wildman–Crippen MR) is 105 cm³/mol. The summed E-state index contributed by atoms with van der Waals surface area (Å²) in [5, 5.41) is 6.96. The molecule has 0 saturated heterocycles. The van der Waals surface area contributed by atoms with Gasteiger partial charge in [0.05, 0.1) is 11.1 Å². The first-order valence-electron chi connectivity index (χ1n) is 8.27. The number of nitrogens with one attached hydrogen (secondary N) is 1. The van der Waals surface area contributed by atoms with Gasteiger partial charge in [-0.05, 0) is 36.8 Å². The van der Waals surface area contributed by atoms with Gasteiger partial charge in [-0.25, -0.2) is 0 Å². The number of benzene rings is 2. The molecule has 0 radical (unpaired) electrons. The maximum Gasteiger partial charge on any atom is 0.258 e. The number of carbonyl (C=O) groups excluding carboxylic acids is 1. The average Bonchev–Trinajstić information content (AvgIpc) is 3.08. The standard InChI is InChI=1S/C20H20BrN3O2/c1-12-9-10-13(11-16(12)21)22-17(25)14-7-5-6-8-15(14)18-23-19(24-26-18)20(2,3)4/h5-11H,1-4H3,(H,22,25). The highest BCUT2D eigenvalue weighted by atomic mass is 79.9. The summed E-state index contributed by atoms with van der Waals surface area (Å²) in [5.74, 6) is 0.711. The number of aromatic nitrogens is 2. The summed E-state index contributed by atoms with van der Waals surface area (Å²) >= 11 is 3.48. The largest absolute Gasteiger partial charge is 0.334 e. The van der Waals surface area contributed by atoms with Crippen molar-refractivity contribution in [3.8, 4) is 11.5 Å². The molecule has 0 aliphatic carbocycles. The molecule has 0 fully saturated rings. The van der Waals surface area contributed by atoms with E-state index in [1.54, 1.807) is 12.1 Å². The fraction of sp³-hybridized carbons (Fsp3) is 0.250. The first-order chi connectivity index (χ1) is 12.3. The van der Waals surface area contributed by atoms with E-state index in [4.69, 9.17) is 4.52 Å². The summed E-state index contributed by atoms with van der Waals surface area (Å²) in [6.07, 6.45) is 0. The lowest BCUT2D eigenvalue weighted by atomic mass is 9.96. The molecule has 0 spiro atoms. The van der Waals surface area contributed by atoms with Gasteiger partial charge in [-0.1, -0.05) is 60.1 Å². The first-order valence-corrected chi connectivity index (χ1v) is 9.06. The molecule has 0 bridgehead atoms. The van der Waals surface area contributed by atoms with E-state index in [2.05, 4.69) is 31.4 Å². The molecule has 0 atom stereocenters. The summed E-state index contributed by atoms with van der Waals surface area (Å²) in [6, 6.07) is 12.9. The summed E-state index contributed by atoms with van der Waals surface area (Å²) in [7, 11) is 0. The quantitative estimate of drug-likeness (QED) is 0.627. The van der Waals surface area contributed by atoms with Crippen molar-refractivity contribution in [1.29, 1.82) is 0 Å². The second-order valence-electron chi connectivity index (χ2n) is 7.14. The Morgan fingerprint density at radius 3 is 2.54 bits per heavy atom. The summed E-state index contributed by atoms with van der Waals surface area (Å²) in [6.45, 7) is 8.02. The molecule has 1 heterocycles. The van der Waals surface area contributed by atoms with Gasteiger partial charge in [0, 0.05) is 15.6 Å². The minimum absolute atomic E-state index is 0.229. The monoisotopic (exact) mass is 413 g/mol. The lowest BCUT2D eigenvalue weighted by Gasteiger charge is -2.11. The van der Waals surface area contributed by atoms with Crippen LogP contribution in [0, 0.1) is 6.92 Å². The fourth-order valence-corrected chi connectivity index (χ4v) is 2.75. The zero-order valence-electron chi connectivity index (χ0n) is 15.1. The number of halogens is 1. The zero-order chi connectivity index (χ0) is 18.9. The van der Waals surface area contributed by atoms with Crippen LogP contribution in [0.25, 0.3) is 11.5 Å². The number of nitrogens with zero attached hydrogens (tertiary/aromatic N) is 2. The smallest absolute Gasteiger partial charge is 0.258 e. The van der Waals surface area contributed by atoms with Crippen molar-refractivity contribution in [2.45, 2.75) is 33.1 Å². The van der Waals surface area contributed by atoms with Crippen LogP contribution in [0.1, 0.15) is 42.5 Å². The third-order valence-electron chi connectivity index (χ3n) is 3.93. The highest BCUT2D eigenvalue weighted by Gasteiger charge is 2.23. The Labute approximate surface area is 160 Å². The topological polar surface area (TPSA) is 68.0 Å². The number of hydrogen-bond donors (Lipinski definition) is 1. The lowest BCUT2D eigenvalue weighted by molar-refractivity contribution is 0.102. The molecular formula is C20H20BrN3O2. The maximum atomic E-state index is 12.8. The molecule has 0 unspecified atom stereocenters. The van der Waals surface area contributed by atoms with Gasteiger partial charge in [0.15, 0.2) is 5.82 Å². The highest BCUT2D eigenvalue weighted by Crippen LogP contribution is 2.27. The molecule has 2 aromatic carbocycles. The van der Waals surface area contributed by atoms with E-state index < -0.39 is 0 Å². The Balaban J connectivity index is 1.92. The number of anilines is 1. The Morgan fingerprint density at radius 1 is 1.15 bits per heavy atom. The van der Waals surface area contributed by atoms with Gasteiger partial charge in [0.25, 0.3) is 11.8 Å². The van der Waals surface area contributed by atoms with Crippen molar-refractivity contribution in [2.24, 2.45) is 0 Å². The lowest BCUT2D eigenvalue weighted by Crippen LogP contribution is -2.14. The van der Waals surface area contributed by atoms with Crippen molar-refractivity contribution in [3.05, 3.63) is 63.9 Å². The minimum Gasteiger partial charge on any atom is -0.334 e. The number of carbonyl (C=O) groups is 1. The Morgan fingerprint density at radius 2 is 1.88 bits per heavy atom. The summed E-state index contributed by atoms with van der Waals surface area (Å²) in [4.78, 5) is 17.3. The van der Waals surface area contributed by atoms with Crippen LogP contribution < -0.4 is 5.32 Å². The SMILES string of the molecule is Cc1ccc(NC(=O)c2ccccc2-c2nc(C(C)(C)C)no2)cc1Br. The van der Waals surface area contributed by atoms with Gasteiger partial charge in [-0.15, -0.1) is 0 Å². The van der Waals surface area contributed by atoms with E-state index in [9.17, 15) is 4.79 Å². The van der Waals surface area contributed by atoms with Crippen molar-refractivity contribution >= 4 is 27.5 Å². The Kier molecular flexibility index (Phi) is 4.96. The van der Waals surface area contributed by atoms with Crippen molar-refractivity contribution in [2.75, 3.05) is 5.32 Å². The van der Waals surface area contributed by atoms with Crippen molar-refractivity contribution in [1.82, 2.24) is 10.1 Å². The van der Waals surface area contributed by atoms with E-state index in [0.717, 1.165) is 10.0 Å². The number of hydrogen-bond acceptors (Lipinski definition) is 4. The van der Waals surface area contributed by atoms with Crippen LogP contribution in [0.15, 0.2) is 51.5 Å². The van der Waals surface area contributed by atoms with Crippen LogP contribution in [0.4, 0.5) is 5.69 Å². The number of aryl methyl sites for hydroxylation is 1. The molecule has 1 aromatic heterocycles. The van der Waals surface area contributed by atoms with Gasteiger partial charge in [0.1, 0.15) is 0 Å². The molecule has 3 rings (SSSR count). The van der Waals surface area contributed by atoms with E-state index >= 15 is 0 Å². The van der Waals surface area contributed by atoms with Crippen LogP contribution >= 0.6 is 15.9 Å². The normalized spacial score (nSPS) is 11.4. The number of rotatable bonds is 3. The van der Waals surface area contributed by atoms with Crippen molar-refractivity contribution in [3.63, 3.8) is 0 Å². The molecule has 1 amide bonds. The summed E-state index contributed by atoms with van der Waals surface area (Å²) < 4.78 is 6.34. The Bertz CT molecular complexity index is 958. The predicted octanol–water partition coefficient (Wildman–Crippen LogP) is 5.36. The van der Waals surface area contributed by atoms with Crippen LogP contribution in [-0.4, -0.2) is 16.0 Å². The van der Waals surface area contributed by atoms with Crippen molar-refractivity contribution < 1.29 is 9.32 Å². The zero-order valence-corrected chi connectivity index (χ0v) is 16.7. The third-order valence-corrected chi connectivity index (χ3v) is 4.78. The third kappa shape index (κ3) is 3.85. The molecule has 134 valence electrons. The van der Waals surface area contributed by atoms with Gasteiger partial charge >= 0.3 is 0 Å². The molecule has 3 aromatic rings. The Hall–Kier alpha value is -2.47. The minimum atomic E-state index is -0.230. The maximum absolute atomic E-state index is 12.8. The molecule has 5 nitrogen and oxygen atoms in total. The van der Waals surface area contributed by atoms with E-state index in [-0.39, 0.29) is 11.3 Å². The molecular weight excluding hydrogens is 394 g/mol. The van der Waals surface area contributed by atoms with Gasteiger partial charge < -0.3 is 9.84 Å². The molecule has 6 heteroatoms. The van der Waals surface area contributed by atoms with E-state index in [1.165, 1.54) is 0 Å². The molecule has 1 N–H and O–H groups in total. The van der Waals surface area contributed by atoms with E-state index in [1.807, 2.05) is 58.0 Å². The van der Waals surface area contributed by atoms with Crippen LogP contribution in [0.5, 0.6) is 0 Å². The van der Waals surface area contributed by atoms with Gasteiger partial charge in [-0.2, -0.15) is 4.98 Å². The highest BCUT2D eigenvalue weighted by molar-refractivity contribution is 9.10. The van der Waals surface area contributed by atoms with Crippen LogP contribution in [0.3, 0.4) is 0 Å². The number of amides is 1. The average molecular weight is 414 g/mol. The first kappa shape index (κ1) is 18.3. The van der Waals surface area contributed by atoms with Gasteiger partial charge in [-0.3, -0.25) is 4.79 Å². The molecule has 0 aliphatic rings. The molecule has 26 heavy (non-hydrogen) atoms. The molecule has 0 saturated carbocycles.